The van der Waals surface area contributed by atoms with Crippen molar-refractivity contribution in [2.75, 3.05) is 6.54 Å². The van der Waals surface area contributed by atoms with Crippen LogP contribution in [-0.2, 0) is 17.8 Å². The van der Waals surface area contributed by atoms with Crippen LogP contribution in [0.4, 0.5) is 0 Å². The number of aromatic amines is 1. The van der Waals surface area contributed by atoms with E-state index in [9.17, 15) is 9.59 Å². The molecule has 2 N–H and O–H groups in total. The van der Waals surface area contributed by atoms with Gasteiger partial charge in [0.2, 0.25) is 5.91 Å². The Morgan fingerprint density at radius 1 is 1.18 bits per heavy atom. The zero-order valence-electron chi connectivity index (χ0n) is 15.1. The van der Waals surface area contributed by atoms with E-state index in [0.29, 0.717) is 25.9 Å². The predicted molar refractivity (Wildman–Crippen MR) is 109 cm³/mol. The van der Waals surface area contributed by atoms with Crippen LogP contribution in [0.25, 0.3) is 21.6 Å². The first-order chi connectivity index (χ1) is 13.7. The number of nitrogens with zero attached hydrogens (tertiary/aromatic N) is 3. The first-order valence-corrected chi connectivity index (χ1v) is 9.88. The lowest BCUT2D eigenvalue weighted by Crippen LogP contribution is -2.30. The molecule has 0 aliphatic heterocycles. The van der Waals surface area contributed by atoms with E-state index >= 15 is 0 Å². The van der Waals surface area contributed by atoms with Gasteiger partial charge in [-0.15, -0.1) is 11.3 Å². The highest BCUT2D eigenvalue weighted by Gasteiger charge is 2.09. The third-order valence-electron chi connectivity index (χ3n) is 4.43. The molecule has 0 bridgehead atoms. The van der Waals surface area contributed by atoms with Gasteiger partial charge in [0.15, 0.2) is 0 Å². The van der Waals surface area contributed by atoms with Gasteiger partial charge in [-0.25, -0.2) is 9.78 Å². The number of imidazole rings is 1. The lowest BCUT2D eigenvalue weighted by Gasteiger charge is -2.06. The van der Waals surface area contributed by atoms with Gasteiger partial charge < -0.3 is 10.3 Å². The Labute approximate surface area is 165 Å². The maximum absolute atomic E-state index is 12.1. The highest BCUT2D eigenvalue weighted by atomic mass is 32.1. The van der Waals surface area contributed by atoms with Crippen molar-refractivity contribution in [3.05, 3.63) is 70.4 Å². The zero-order valence-corrected chi connectivity index (χ0v) is 15.9. The molecular formula is C20H19N5O2S. The lowest BCUT2D eigenvalue weighted by molar-refractivity contribution is -0.121. The van der Waals surface area contributed by atoms with E-state index in [2.05, 4.69) is 20.3 Å². The number of pyridine rings is 1. The molecule has 4 aromatic rings. The van der Waals surface area contributed by atoms with Gasteiger partial charge in [-0.05, 0) is 30.7 Å². The van der Waals surface area contributed by atoms with E-state index in [4.69, 9.17) is 0 Å². The zero-order chi connectivity index (χ0) is 19.3. The van der Waals surface area contributed by atoms with Crippen molar-refractivity contribution < 1.29 is 4.79 Å². The molecule has 3 heterocycles. The minimum absolute atomic E-state index is 0.0497. The number of benzene rings is 1. The Bertz CT molecular complexity index is 1150. The van der Waals surface area contributed by atoms with E-state index in [1.165, 1.54) is 0 Å². The van der Waals surface area contributed by atoms with Crippen molar-refractivity contribution in [1.29, 1.82) is 0 Å². The highest BCUT2D eigenvalue weighted by molar-refractivity contribution is 7.13. The van der Waals surface area contributed by atoms with Gasteiger partial charge >= 0.3 is 5.69 Å². The number of aromatic nitrogens is 4. The molecule has 0 saturated heterocycles. The summed E-state index contributed by atoms with van der Waals surface area (Å²) in [7, 11) is 0. The van der Waals surface area contributed by atoms with Crippen molar-refractivity contribution in [3.8, 4) is 10.6 Å². The van der Waals surface area contributed by atoms with Gasteiger partial charge in [0.05, 0.1) is 16.7 Å². The molecule has 0 saturated carbocycles. The summed E-state index contributed by atoms with van der Waals surface area (Å²) >= 11 is 1.56. The average molecular weight is 393 g/mol. The minimum atomic E-state index is -0.165. The molecule has 0 fully saturated rings. The van der Waals surface area contributed by atoms with Gasteiger partial charge in [-0.2, -0.15) is 0 Å². The van der Waals surface area contributed by atoms with E-state index in [1.807, 2.05) is 41.8 Å². The van der Waals surface area contributed by atoms with Crippen molar-refractivity contribution in [2.45, 2.75) is 19.4 Å². The molecule has 8 heteroatoms. The Kier molecular flexibility index (Phi) is 5.29. The second-order valence-electron chi connectivity index (χ2n) is 6.33. The normalized spacial score (nSPS) is 11.0. The number of rotatable bonds is 7. The summed E-state index contributed by atoms with van der Waals surface area (Å²) in [5.41, 5.74) is 3.40. The van der Waals surface area contributed by atoms with Crippen LogP contribution < -0.4 is 11.0 Å². The van der Waals surface area contributed by atoms with Gasteiger partial charge in [0, 0.05) is 42.8 Å². The van der Waals surface area contributed by atoms with Crippen LogP contribution >= 0.6 is 11.3 Å². The fourth-order valence-corrected chi connectivity index (χ4v) is 3.88. The number of amides is 1. The Hall–Kier alpha value is -3.26. The topological polar surface area (TPSA) is 92.7 Å². The van der Waals surface area contributed by atoms with Gasteiger partial charge in [-0.1, -0.05) is 12.1 Å². The third kappa shape index (κ3) is 4.01. The summed E-state index contributed by atoms with van der Waals surface area (Å²) in [5.74, 6) is -0.0497. The molecule has 142 valence electrons. The predicted octanol–water partition coefficient (Wildman–Crippen LogP) is 2.60. The van der Waals surface area contributed by atoms with Crippen LogP contribution in [0.2, 0.25) is 0 Å². The molecule has 0 radical (unpaired) electrons. The number of aryl methyl sites for hydroxylation is 1. The second-order valence-corrected chi connectivity index (χ2v) is 7.19. The number of carbonyl (C=O) groups excluding carboxylic acids is 1. The standard InChI is InChI=1S/C20H19N5O2S/c26-18(6-5-15-13-28-19(23-15)14-7-9-21-10-8-14)22-11-12-25-17-4-2-1-3-16(17)24-20(25)27/h1-4,7-10,13H,5-6,11-12H2,(H,22,26)(H,24,27). The number of thiazole rings is 1. The fraction of sp³-hybridized carbons (Fsp3) is 0.200. The molecule has 3 aromatic heterocycles. The quantitative estimate of drug-likeness (QED) is 0.505. The molecule has 0 spiro atoms. The van der Waals surface area contributed by atoms with Gasteiger partial charge in [-0.3, -0.25) is 14.3 Å². The van der Waals surface area contributed by atoms with E-state index in [-0.39, 0.29) is 11.6 Å². The smallest absolute Gasteiger partial charge is 0.326 e. The van der Waals surface area contributed by atoms with Crippen LogP contribution in [0.5, 0.6) is 0 Å². The summed E-state index contributed by atoms with van der Waals surface area (Å²) < 4.78 is 1.64. The van der Waals surface area contributed by atoms with Gasteiger partial charge in [0.25, 0.3) is 0 Å². The molecule has 0 atom stereocenters. The number of hydrogen-bond acceptors (Lipinski definition) is 5. The maximum atomic E-state index is 12.1. The van der Waals surface area contributed by atoms with Crippen LogP contribution in [-0.4, -0.2) is 32.0 Å². The molecule has 4 rings (SSSR count). The number of para-hydroxylation sites is 2. The number of H-pyrrole nitrogens is 1. The molecular weight excluding hydrogens is 374 g/mol. The van der Waals surface area contributed by atoms with Crippen molar-refractivity contribution in [2.24, 2.45) is 0 Å². The number of fused-ring (bicyclic) bond motifs is 1. The summed E-state index contributed by atoms with van der Waals surface area (Å²) in [6.45, 7) is 0.831. The summed E-state index contributed by atoms with van der Waals surface area (Å²) in [6.07, 6.45) is 4.43. The Morgan fingerprint density at radius 3 is 2.86 bits per heavy atom. The first kappa shape index (κ1) is 18.1. The maximum Gasteiger partial charge on any atom is 0.326 e. The van der Waals surface area contributed by atoms with Crippen LogP contribution in [0.1, 0.15) is 12.1 Å². The monoisotopic (exact) mass is 393 g/mol. The minimum Gasteiger partial charge on any atom is -0.354 e. The van der Waals surface area contributed by atoms with Crippen molar-refractivity contribution >= 4 is 28.3 Å². The summed E-state index contributed by atoms with van der Waals surface area (Å²) in [6, 6.07) is 11.4. The van der Waals surface area contributed by atoms with Crippen molar-refractivity contribution in [1.82, 2.24) is 24.8 Å². The lowest BCUT2D eigenvalue weighted by atomic mass is 10.2. The molecule has 0 aliphatic carbocycles. The van der Waals surface area contributed by atoms with E-state index in [1.54, 1.807) is 28.3 Å². The SMILES string of the molecule is O=C(CCc1csc(-c2ccncc2)n1)NCCn1c(=O)[nH]c2ccccc21. The Balaban J connectivity index is 1.28. The van der Waals surface area contributed by atoms with Crippen LogP contribution in [0, 0.1) is 0 Å². The summed E-state index contributed by atoms with van der Waals surface area (Å²) in [5, 5.41) is 5.78. The number of nitrogens with one attached hydrogen (secondary N) is 2. The van der Waals surface area contributed by atoms with Crippen molar-refractivity contribution in [3.63, 3.8) is 0 Å². The molecule has 28 heavy (non-hydrogen) atoms. The first-order valence-electron chi connectivity index (χ1n) is 9.00. The van der Waals surface area contributed by atoms with Crippen LogP contribution in [0.3, 0.4) is 0 Å². The average Bonchev–Trinajstić information content (AvgIpc) is 3.32. The van der Waals surface area contributed by atoms with E-state index in [0.717, 1.165) is 27.3 Å². The van der Waals surface area contributed by atoms with E-state index < -0.39 is 0 Å². The molecule has 1 amide bonds. The number of hydrogen-bond donors (Lipinski definition) is 2. The molecule has 0 aliphatic rings. The Morgan fingerprint density at radius 2 is 2.00 bits per heavy atom. The van der Waals surface area contributed by atoms with Crippen LogP contribution in [0.15, 0.2) is 59.0 Å². The molecule has 7 nitrogen and oxygen atoms in total. The largest absolute Gasteiger partial charge is 0.354 e. The molecule has 1 aromatic carbocycles. The fourth-order valence-electron chi connectivity index (χ4n) is 3.01. The van der Waals surface area contributed by atoms with Gasteiger partial charge in [0.1, 0.15) is 5.01 Å². The number of carbonyl (C=O) groups is 1. The molecule has 0 unspecified atom stereocenters. The third-order valence-corrected chi connectivity index (χ3v) is 5.37. The second kappa shape index (κ2) is 8.18. The highest BCUT2D eigenvalue weighted by Crippen LogP contribution is 2.23. The summed E-state index contributed by atoms with van der Waals surface area (Å²) in [4.78, 5) is 35.6.